The van der Waals surface area contributed by atoms with Gasteiger partial charge >= 0.3 is 0 Å². The largest absolute Gasteiger partial charge is 0.158 e. The summed E-state index contributed by atoms with van der Waals surface area (Å²) in [5, 5.41) is 0.685. The molecule has 54 valence electrons. The zero-order chi connectivity index (χ0) is 7.11. The van der Waals surface area contributed by atoms with E-state index in [2.05, 4.69) is 19.8 Å². The van der Waals surface area contributed by atoms with E-state index in [9.17, 15) is 0 Å². The zero-order valence-corrected chi connectivity index (χ0v) is 7.21. The first-order chi connectivity index (χ1) is 4.35. The predicted molar refractivity (Wildman–Crippen MR) is 47.0 cm³/mol. The highest BCUT2D eigenvalue weighted by Crippen LogP contribution is 2.14. The molecule has 1 heteroatoms. The summed E-state index contributed by atoms with van der Waals surface area (Å²) in [5.41, 5.74) is 0. The number of hydrogen-bond acceptors (Lipinski definition) is 1. The molecular weight excluding hydrogens is 128 g/mol. The molecule has 0 aliphatic heterocycles. The maximum absolute atomic E-state index is 3.76. The molecule has 0 saturated carbocycles. The number of thioether (sulfide) groups is 1. The molecule has 0 saturated heterocycles. The predicted octanol–water partition coefficient (Wildman–Crippen LogP) is 3.09. The molecule has 0 radical (unpaired) electrons. The van der Waals surface area contributed by atoms with Crippen molar-refractivity contribution in [3.05, 3.63) is 12.7 Å². The standard InChI is InChI=1S/C8H16S/c1-4-6-7-8(5-2)9-3/h5,8H,2,4,6-7H2,1,3H3. The number of rotatable bonds is 5. The molecule has 1 unspecified atom stereocenters. The van der Waals surface area contributed by atoms with Gasteiger partial charge in [-0.3, -0.25) is 0 Å². The summed E-state index contributed by atoms with van der Waals surface area (Å²) in [7, 11) is 0. The fraction of sp³-hybridized carbons (Fsp3) is 0.750. The van der Waals surface area contributed by atoms with Crippen molar-refractivity contribution in [1.82, 2.24) is 0 Å². The summed E-state index contributed by atoms with van der Waals surface area (Å²) in [6, 6.07) is 0. The summed E-state index contributed by atoms with van der Waals surface area (Å²) in [5.74, 6) is 0. The molecule has 0 bridgehead atoms. The molecule has 1 atom stereocenters. The molecule has 0 aliphatic rings. The summed E-state index contributed by atoms with van der Waals surface area (Å²) >= 11 is 1.89. The molecule has 0 aliphatic carbocycles. The Hall–Kier alpha value is 0.0900. The maximum atomic E-state index is 3.76. The van der Waals surface area contributed by atoms with Crippen molar-refractivity contribution in [1.29, 1.82) is 0 Å². The second-order valence-electron chi connectivity index (χ2n) is 2.15. The fourth-order valence-corrected chi connectivity index (χ4v) is 1.33. The van der Waals surface area contributed by atoms with E-state index in [4.69, 9.17) is 0 Å². The third-order valence-electron chi connectivity index (χ3n) is 1.41. The number of unbranched alkanes of at least 4 members (excludes halogenated alkanes) is 1. The van der Waals surface area contributed by atoms with Crippen LogP contribution in [0.15, 0.2) is 12.7 Å². The van der Waals surface area contributed by atoms with Crippen molar-refractivity contribution >= 4 is 11.8 Å². The van der Waals surface area contributed by atoms with Crippen LogP contribution in [0.2, 0.25) is 0 Å². The molecule has 0 N–H and O–H groups in total. The monoisotopic (exact) mass is 144 g/mol. The second-order valence-corrected chi connectivity index (χ2v) is 3.23. The topological polar surface area (TPSA) is 0 Å². The lowest BCUT2D eigenvalue weighted by Crippen LogP contribution is -1.95. The highest BCUT2D eigenvalue weighted by molar-refractivity contribution is 7.99. The molecule has 0 aromatic carbocycles. The zero-order valence-electron chi connectivity index (χ0n) is 6.39. The Balaban J connectivity index is 3.20. The van der Waals surface area contributed by atoms with E-state index in [1.165, 1.54) is 19.3 Å². The molecule has 0 amide bonds. The third kappa shape index (κ3) is 4.58. The molecule has 0 aromatic heterocycles. The van der Waals surface area contributed by atoms with E-state index >= 15 is 0 Å². The lowest BCUT2D eigenvalue weighted by atomic mass is 10.2. The first kappa shape index (κ1) is 9.09. The van der Waals surface area contributed by atoms with Gasteiger partial charge in [0.25, 0.3) is 0 Å². The Kier molecular flexibility index (Phi) is 6.28. The summed E-state index contributed by atoms with van der Waals surface area (Å²) in [6.45, 7) is 5.99. The Labute approximate surface area is 62.7 Å². The molecule has 9 heavy (non-hydrogen) atoms. The van der Waals surface area contributed by atoms with E-state index in [0.29, 0.717) is 5.25 Å². The molecule has 0 rings (SSSR count). The Morgan fingerprint density at radius 1 is 1.67 bits per heavy atom. The van der Waals surface area contributed by atoms with E-state index in [1.807, 2.05) is 17.8 Å². The smallest absolute Gasteiger partial charge is 0.0221 e. The third-order valence-corrected chi connectivity index (χ3v) is 2.44. The Morgan fingerprint density at radius 2 is 2.33 bits per heavy atom. The first-order valence-corrected chi connectivity index (χ1v) is 4.79. The quantitative estimate of drug-likeness (QED) is 0.534. The van der Waals surface area contributed by atoms with Crippen LogP contribution in [0.4, 0.5) is 0 Å². The van der Waals surface area contributed by atoms with Crippen LogP contribution < -0.4 is 0 Å². The normalized spacial score (nSPS) is 13.1. The van der Waals surface area contributed by atoms with E-state index in [1.54, 1.807) is 0 Å². The van der Waals surface area contributed by atoms with Gasteiger partial charge in [0.2, 0.25) is 0 Å². The van der Waals surface area contributed by atoms with Gasteiger partial charge in [-0.2, -0.15) is 11.8 Å². The van der Waals surface area contributed by atoms with Crippen LogP contribution in [0, 0.1) is 0 Å². The van der Waals surface area contributed by atoms with Gasteiger partial charge in [0.05, 0.1) is 0 Å². The summed E-state index contributed by atoms with van der Waals surface area (Å²) in [6.07, 6.45) is 8.10. The summed E-state index contributed by atoms with van der Waals surface area (Å²) < 4.78 is 0. The second kappa shape index (κ2) is 6.21. The van der Waals surface area contributed by atoms with Crippen LogP contribution >= 0.6 is 11.8 Å². The van der Waals surface area contributed by atoms with Crippen molar-refractivity contribution in [2.45, 2.75) is 31.4 Å². The van der Waals surface area contributed by atoms with E-state index < -0.39 is 0 Å². The van der Waals surface area contributed by atoms with E-state index in [0.717, 1.165) is 0 Å². The van der Waals surface area contributed by atoms with Gasteiger partial charge in [-0.25, -0.2) is 0 Å². The van der Waals surface area contributed by atoms with Crippen molar-refractivity contribution < 1.29 is 0 Å². The van der Waals surface area contributed by atoms with Crippen molar-refractivity contribution in [3.63, 3.8) is 0 Å². The molecule has 0 fully saturated rings. The average Bonchev–Trinajstić information content (AvgIpc) is 1.91. The minimum atomic E-state index is 0.685. The van der Waals surface area contributed by atoms with Gasteiger partial charge in [-0.1, -0.05) is 25.8 Å². The molecular formula is C8H16S. The van der Waals surface area contributed by atoms with Crippen molar-refractivity contribution in [2.75, 3.05) is 6.26 Å². The van der Waals surface area contributed by atoms with Gasteiger partial charge in [0.15, 0.2) is 0 Å². The van der Waals surface area contributed by atoms with Crippen LogP contribution in [0.1, 0.15) is 26.2 Å². The highest BCUT2D eigenvalue weighted by Gasteiger charge is 1.98. The van der Waals surface area contributed by atoms with Crippen LogP contribution in [-0.2, 0) is 0 Å². The Bertz CT molecular complexity index is 69.0. The molecule has 0 spiro atoms. The molecule has 0 heterocycles. The van der Waals surface area contributed by atoms with Crippen molar-refractivity contribution in [2.24, 2.45) is 0 Å². The van der Waals surface area contributed by atoms with Crippen LogP contribution in [0.3, 0.4) is 0 Å². The maximum Gasteiger partial charge on any atom is 0.0221 e. The van der Waals surface area contributed by atoms with Crippen LogP contribution in [0.5, 0.6) is 0 Å². The fourth-order valence-electron chi connectivity index (χ4n) is 0.737. The molecule has 0 aromatic rings. The first-order valence-electron chi connectivity index (χ1n) is 3.50. The van der Waals surface area contributed by atoms with Crippen LogP contribution in [0.25, 0.3) is 0 Å². The summed E-state index contributed by atoms with van der Waals surface area (Å²) in [4.78, 5) is 0. The van der Waals surface area contributed by atoms with Gasteiger partial charge in [0, 0.05) is 5.25 Å². The van der Waals surface area contributed by atoms with Crippen molar-refractivity contribution in [3.8, 4) is 0 Å². The lowest BCUT2D eigenvalue weighted by Gasteiger charge is -2.06. The minimum absolute atomic E-state index is 0.685. The van der Waals surface area contributed by atoms with Gasteiger partial charge in [-0.05, 0) is 12.7 Å². The average molecular weight is 144 g/mol. The van der Waals surface area contributed by atoms with Crippen LogP contribution in [-0.4, -0.2) is 11.5 Å². The minimum Gasteiger partial charge on any atom is -0.158 e. The SMILES string of the molecule is C=CC(CCCC)SC. The Morgan fingerprint density at radius 3 is 2.67 bits per heavy atom. The van der Waals surface area contributed by atoms with Gasteiger partial charge < -0.3 is 0 Å². The van der Waals surface area contributed by atoms with E-state index in [-0.39, 0.29) is 0 Å². The highest BCUT2D eigenvalue weighted by atomic mass is 32.2. The molecule has 0 nitrogen and oxygen atoms in total. The lowest BCUT2D eigenvalue weighted by molar-refractivity contribution is 0.739. The number of hydrogen-bond donors (Lipinski definition) is 0. The van der Waals surface area contributed by atoms with Gasteiger partial charge in [0.1, 0.15) is 0 Å². The van der Waals surface area contributed by atoms with Gasteiger partial charge in [-0.15, -0.1) is 6.58 Å².